The summed E-state index contributed by atoms with van der Waals surface area (Å²) >= 11 is 6.31. The molecule has 0 unspecified atom stereocenters. The first-order valence-electron chi connectivity index (χ1n) is 3.94. The summed E-state index contributed by atoms with van der Waals surface area (Å²) < 4.78 is 0. The van der Waals surface area contributed by atoms with Gasteiger partial charge in [0.2, 0.25) is 0 Å². The Morgan fingerprint density at radius 2 is 2.21 bits per heavy atom. The van der Waals surface area contributed by atoms with Crippen molar-refractivity contribution in [3.63, 3.8) is 0 Å². The van der Waals surface area contributed by atoms with Crippen LogP contribution in [0, 0.1) is 0 Å². The highest BCUT2D eigenvalue weighted by molar-refractivity contribution is 7.81. The summed E-state index contributed by atoms with van der Waals surface area (Å²) in [6.45, 7) is 0. The molecule has 5 heteroatoms. The van der Waals surface area contributed by atoms with Gasteiger partial charge in [-0.25, -0.2) is 4.98 Å². The molecule has 14 heavy (non-hydrogen) atoms. The van der Waals surface area contributed by atoms with E-state index in [9.17, 15) is 0 Å². The summed E-state index contributed by atoms with van der Waals surface area (Å²) in [5, 5.41) is 0.841. The molecule has 0 aliphatic rings. The largest absolute Gasteiger partial charge is 0.389 e. The number of aromatic nitrogens is 2. The van der Waals surface area contributed by atoms with Crippen molar-refractivity contribution in [3.05, 3.63) is 35.5 Å². The van der Waals surface area contributed by atoms with Crippen LogP contribution in [0.15, 0.2) is 30.6 Å². The van der Waals surface area contributed by atoms with Gasteiger partial charge in [-0.3, -0.25) is 4.98 Å². The second kappa shape index (κ2) is 3.81. The lowest BCUT2D eigenvalue weighted by atomic mass is 10.4. The molecule has 0 aliphatic carbocycles. The van der Waals surface area contributed by atoms with Crippen LogP contribution in [0.1, 0.15) is 4.88 Å². The fourth-order valence-corrected chi connectivity index (χ4v) is 1.92. The number of hydrogen-bond donors (Lipinski definition) is 1. The lowest BCUT2D eigenvalue weighted by Crippen LogP contribution is -2.06. The van der Waals surface area contributed by atoms with Gasteiger partial charge >= 0.3 is 0 Å². The minimum Gasteiger partial charge on any atom is -0.389 e. The topological polar surface area (TPSA) is 51.8 Å². The molecule has 2 rings (SSSR count). The molecular weight excluding hydrogens is 214 g/mol. The van der Waals surface area contributed by atoms with Crippen LogP contribution in [0.5, 0.6) is 0 Å². The highest BCUT2D eigenvalue weighted by Gasteiger charge is 2.06. The second-order valence-corrected chi connectivity index (χ2v) is 4.08. The summed E-state index contributed by atoms with van der Waals surface area (Å²) in [7, 11) is 0. The zero-order valence-electron chi connectivity index (χ0n) is 7.18. The van der Waals surface area contributed by atoms with Crippen LogP contribution in [-0.2, 0) is 0 Å². The van der Waals surface area contributed by atoms with Crippen LogP contribution in [0.25, 0.3) is 10.7 Å². The molecule has 0 saturated carbocycles. The fraction of sp³-hybridized carbons (Fsp3) is 0. The van der Waals surface area contributed by atoms with Crippen molar-refractivity contribution in [1.29, 1.82) is 0 Å². The number of pyridine rings is 1. The molecule has 2 aromatic heterocycles. The molecular formula is C9H7N3S2. The van der Waals surface area contributed by atoms with Crippen LogP contribution < -0.4 is 5.73 Å². The minimum atomic E-state index is 0.379. The number of thiazole rings is 1. The monoisotopic (exact) mass is 221 g/mol. The van der Waals surface area contributed by atoms with Gasteiger partial charge in [0.05, 0.1) is 10.6 Å². The van der Waals surface area contributed by atoms with E-state index >= 15 is 0 Å². The predicted octanol–water partition coefficient (Wildman–Crippen LogP) is 1.84. The minimum absolute atomic E-state index is 0.379. The standard InChI is InChI=1S/C9H7N3S2/c10-8(13)7-5-12-9(14-7)6-3-1-2-4-11-6/h1-5H,(H2,10,13). The Morgan fingerprint density at radius 3 is 2.79 bits per heavy atom. The Kier molecular flexibility index (Phi) is 2.51. The average molecular weight is 221 g/mol. The number of hydrogen-bond acceptors (Lipinski definition) is 4. The molecule has 0 aromatic carbocycles. The Labute approximate surface area is 90.6 Å². The summed E-state index contributed by atoms with van der Waals surface area (Å²) in [6, 6.07) is 5.69. The Hall–Kier alpha value is -1.33. The van der Waals surface area contributed by atoms with Gasteiger partial charge in [-0.2, -0.15) is 0 Å². The smallest absolute Gasteiger partial charge is 0.142 e. The normalized spacial score (nSPS) is 10.0. The molecule has 2 aromatic rings. The van der Waals surface area contributed by atoms with E-state index in [1.807, 2.05) is 18.2 Å². The van der Waals surface area contributed by atoms with E-state index in [-0.39, 0.29) is 0 Å². The van der Waals surface area contributed by atoms with Crippen molar-refractivity contribution in [2.75, 3.05) is 0 Å². The molecule has 3 nitrogen and oxygen atoms in total. The maximum atomic E-state index is 5.49. The Balaban J connectivity index is 2.39. The third-order valence-corrected chi connectivity index (χ3v) is 3.03. The Morgan fingerprint density at radius 1 is 1.36 bits per heavy atom. The third kappa shape index (κ3) is 1.78. The van der Waals surface area contributed by atoms with Crippen LogP contribution in [-0.4, -0.2) is 15.0 Å². The van der Waals surface area contributed by atoms with E-state index in [1.54, 1.807) is 12.4 Å². The number of rotatable bonds is 2. The zero-order chi connectivity index (χ0) is 9.97. The first-order valence-corrected chi connectivity index (χ1v) is 5.17. The van der Waals surface area contributed by atoms with Gasteiger partial charge in [0, 0.05) is 12.4 Å². The predicted molar refractivity (Wildman–Crippen MR) is 61.2 cm³/mol. The number of nitrogens with two attached hydrogens (primary N) is 1. The molecule has 2 heterocycles. The van der Waals surface area contributed by atoms with E-state index in [4.69, 9.17) is 18.0 Å². The lowest BCUT2D eigenvalue weighted by Gasteiger charge is -1.91. The molecule has 70 valence electrons. The van der Waals surface area contributed by atoms with Crippen molar-refractivity contribution >= 4 is 28.5 Å². The number of nitrogens with zero attached hydrogens (tertiary/aromatic N) is 2. The van der Waals surface area contributed by atoms with Crippen LogP contribution in [0.3, 0.4) is 0 Å². The van der Waals surface area contributed by atoms with Crippen molar-refractivity contribution in [2.45, 2.75) is 0 Å². The molecule has 2 N–H and O–H groups in total. The summed E-state index contributed by atoms with van der Waals surface area (Å²) in [5.74, 6) is 0. The fourth-order valence-electron chi connectivity index (χ4n) is 0.996. The van der Waals surface area contributed by atoms with Gasteiger partial charge in [0.15, 0.2) is 0 Å². The quantitative estimate of drug-likeness (QED) is 0.786. The summed E-state index contributed by atoms with van der Waals surface area (Å²) in [4.78, 5) is 9.58. The SMILES string of the molecule is NC(=S)c1cnc(-c2ccccn2)s1. The average Bonchev–Trinajstić information content (AvgIpc) is 2.68. The Bertz CT molecular complexity index is 450. The highest BCUT2D eigenvalue weighted by Crippen LogP contribution is 2.22. The summed E-state index contributed by atoms with van der Waals surface area (Å²) in [5.41, 5.74) is 6.33. The third-order valence-electron chi connectivity index (χ3n) is 1.63. The molecule has 0 fully saturated rings. The van der Waals surface area contributed by atoms with Crippen molar-refractivity contribution < 1.29 is 0 Å². The van der Waals surface area contributed by atoms with Gasteiger partial charge < -0.3 is 5.73 Å². The molecule has 0 saturated heterocycles. The van der Waals surface area contributed by atoms with Gasteiger partial charge in [-0.1, -0.05) is 18.3 Å². The van der Waals surface area contributed by atoms with E-state index in [0.717, 1.165) is 15.6 Å². The van der Waals surface area contributed by atoms with E-state index in [2.05, 4.69) is 9.97 Å². The van der Waals surface area contributed by atoms with Gasteiger partial charge in [-0.15, -0.1) is 11.3 Å². The van der Waals surface area contributed by atoms with Crippen LogP contribution >= 0.6 is 23.6 Å². The van der Waals surface area contributed by atoms with Crippen molar-refractivity contribution in [3.8, 4) is 10.7 Å². The molecule has 0 spiro atoms. The van der Waals surface area contributed by atoms with E-state index in [1.165, 1.54) is 11.3 Å². The van der Waals surface area contributed by atoms with Crippen molar-refractivity contribution in [2.24, 2.45) is 5.73 Å². The molecule has 0 aliphatic heterocycles. The van der Waals surface area contributed by atoms with E-state index < -0.39 is 0 Å². The van der Waals surface area contributed by atoms with Crippen LogP contribution in [0.2, 0.25) is 0 Å². The zero-order valence-corrected chi connectivity index (χ0v) is 8.81. The molecule has 0 atom stereocenters. The van der Waals surface area contributed by atoms with E-state index in [0.29, 0.717) is 4.99 Å². The summed E-state index contributed by atoms with van der Waals surface area (Å²) in [6.07, 6.45) is 3.41. The highest BCUT2D eigenvalue weighted by atomic mass is 32.1. The van der Waals surface area contributed by atoms with Gasteiger partial charge in [0.25, 0.3) is 0 Å². The maximum absolute atomic E-state index is 5.49. The first kappa shape index (κ1) is 9.23. The molecule has 0 radical (unpaired) electrons. The van der Waals surface area contributed by atoms with Crippen molar-refractivity contribution in [1.82, 2.24) is 9.97 Å². The maximum Gasteiger partial charge on any atom is 0.142 e. The molecule has 0 bridgehead atoms. The lowest BCUT2D eigenvalue weighted by molar-refractivity contribution is 1.29. The van der Waals surface area contributed by atoms with Gasteiger partial charge in [-0.05, 0) is 12.1 Å². The van der Waals surface area contributed by atoms with Gasteiger partial charge in [0.1, 0.15) is 10.00 Å². The van der Waals surface area contributed by atoms with Crippen LogP contribution in [0.4, 0.5) is 0 Å². The first-order chi connectivity index (χ1) is 6.77. The second-order valence-electron chi connectivity index (χ2n) is 2.61. The number of thiocarbonyl (C=S) groups is 1. The molecule has 0 amide bonds.